The monoisotopic (exact) mass is 287 g/mol. The van der Waals surface area contributed by atoms with Crippen molar-refractivity contribution in [1.82, 2.24) is 14.6 Å². The lowest BCUT2D eigenvalue weighted by Crippen LogP contribution is -1.96. The molecule has 4 heteroatoms. The number of fused-ring (bicyclic) bond motifs is 1. The van der Waals surface area contributed by atoms with Gasteiger partial charge in [0.2, 0.25) is 0 Å². The van der Waals surface area contributed by atoms with Crippen LogP contribution in [0.15, 0.2) is 18.3 Å². The summed E-state index contributed by atoms with van der Waals surface area (Å²) in [6, 6.07) is 4.02. The molecule has 0 aromatic carbocycles. The van der Waals surface area contributed by atoms with Gasteiger partial charge in [0.15, 0.2) is 5.65 Å². The average molecular weight is 287 g/mol. The zero-order valence-electron chi connectivity index (χ0n) is 7.53. The van der Waals surface area contributed by atoms with Crippen LogP contribution in [0.4, 0.5) is 0 Å². The van der Waals surface area contributed by atoms with Crippen LogP contribution in [0.1, 0.15) is 25.6 Å². The van der Waals surface area contributed by atoms with Crippen molar-refractivity contribution in [3.05, 3.63) is 27.7 Å². The molecule has 0 aliphatic heterocycles. The highest BCUT2D eigenvalue weighted by molar-refractivity contribution is 14.1. The Bertz CT molecular complexity index is 433. The third-order valence-electron chi connectivity index (χ3n) is 1.91. The first kappa shape index (κ1) is 8.93. The van der Waals surface area contributed by atoms with Crippen LogP contribution in [0.5, 0.6) is 0 Å². The van der Waals surface area contributed by atoms with Gasteiger partial charge >= 0.3 is 0 Å². The van der Waals surface area contributed by atoms with Gasteiger partial charge in [-0.05, 0) is 34.7 Å². The quantitative estimate of drug-likeness (QED) is 0.754. The molecule has 68 valence electrons. The van der Waals surface area contributed by atoms with E-state index in [1.165, 1.54) is 3.57 Å². The van der Waals surface area contributed by atoms with Gasteiger partial charge in [-0.25, -0.2) is 0 Å². The minimum atomic E-state index is 0.410. The lowest BCUT2D eigenvalue weighted by molar-refractivity contribution is 0.758. The lowest BCUT2D eigenvalue weighted by atomic mass is 10.2. The molecule has 0 atom stereocenters. The predicted octanol–water partition coefficient (Wildman–Crippen LogP) is 2.46. The smallest absolute Gasteiger partial charge is 0.160 e. The second-order valence-electron chi connectivity index (χ2n) is 3.29. The Morgan fingerprint density at radius 2 is 2.08 bits per heavy atom. The van der Waals surface area contributed by atoms with Crippen LogP contribution in [-0.4, -0.2) is 14.6 Å². The molecule has 0 spiro atoms. The first-order valence-corrected chi connectivity index (χ1v) is 5.26. The van der Waals surface area contributed by atoms with E-state index in [9.17, 15) is 0 Å². The summed E-state index contributed by atoms with van der Waals surface area (Å²) in [6.07, 6.45) is 2.06. The molecule has 0 bridgehead atoms. The summed E-state index contributed by atoms with van der Waals surface area (Å²) >= 11 is 2.29. The third-order valence-corrected chi connectivity index (χ3v) is 2.55. The molecule has 2 aromatic rings. The van der Waals surface area contributed by atoms with Crippen molar-refractivity contribution in [2.24, 2.45) is 0 Å². The molecule has 2 heterocycles. The van der Waals surface area contributed by atoms with E-state index in [1.54, 1.807) is 0 Å². The van der Waals surface area contributed by atoms with Gasteiger partial charge < -0.3 is 0 Å². The van der Waals surface area contributed by atoms with E-state index in [2.05, 4.69) is 52.8 Å². The van der Waals surface area contributed by atoms with Gasteiger partial charge in [-0.15, -0.1) is 10.2 Å². The number of halogens is 1. The van der Waals surface area contributed by atoms with Crippen molar-refractivity contribution in [3.8, 4) is 0 Å². The van der Waals surface area contributed by atoms with Crippen LogP contribution in [0.25, 0.3) is 5.65 Å². The Labute approximate surface area is 90.3 Å². The second kappa shape index (κ2) is 3.25. The molecular formula is C9H10IN3. The van der Waals surface area contributed by atoms with Crippen molar-refractivity contribution >= 4 is 28.2 Å². The number of pyridine rings is 1. The molecule has 0 saturated carbocycles. The maximum absolute atomic E-state index is 4.15. The largest absolute Gasteiger partial charge is 0.285 e. The average Bonchev–Trinajstić information content (AvgIpc) is 2.46. The highest BCUT2D eigenvalue weighted by Gasteiger charge is 2.08. The lowest BCUT2D eigenvalue weighted by Gasteiger charge is -2.02. The van der Waals surface area contributed by atoms with Crippen LogP contribution in [0.3, 0.4) is 0 Å². The zero-order chi connectivity index (χ0) is 9.42. The summed E-state index contributed by atoms with van der Waals surface area (Å²) in [7, 11) is 0. The zero-order valence-corrected chi connectivity index (χ0v) is 9.69. The van der Waals surface area contributed by atoms with Crippen molar-refractivity contribution < 1.29 is 0 Å². The Balaban J connectivity index is 2.71. The fraction of sp³-hybridized carbons (Fsp3) is 0.333. The van der Waals surface area contributed by atoms with Crippen LogP contribution in [0.2, 0.25) is 0 Å². The minimum absolute atomic E-state index is 0.410. The SMILES string of the molecule is CC(C)c1nnc2ccc(I)cn12. The summed E-state index contributed by atoms with van der Waals surface area (Å²) in [6.45, 7) is 4.24. The Morgan fingerprint density at radius 1 is 1.31 bits per heavy atom. The Morgan fingerprint density at radius 3 is 2.77 bits per heavy atom. The number of hydrogen-bond acceptors (Lipinski definition) is 2. The van der Waals surface area contributed by atoms with Crippen LogP contribution >= 0.6 is 22.6 Å². The predicted molar refractivity (Wildman–Crippen MR) is 59.8 cm³/mol. The first-order valence-electron chi connectivity index (χ1n) is 4.18. The van der Waals surface area contributed by atoms with E-state index in [4.69, 9.17) is 0 Å². The summed E-state index contributed by atoms with van der Waals surface area (Å²) in [5.41, 5.74) is 0.920. The molecule has 2 rings (SSSR count). The normalized spacial score (nSPS) is 11.4. The summed E-state index contributed by atoms with van der Waals surface area (Å²) in [5.74, 6) is 1.43. The van der Waals surface area contributed by atoms with Crippen molar-refractivity contribution in [2.45, 2.75) is 19.8 Å². The standard InChI is InChI=1S/C9H10IN3/c1-6(2)9-12-11-8-4-3-7(10)5-13(8)9/h3-6H,1-2H3. The molecule has 3 nitrogen and oxygen atoms in total. The summed E-state index contributed by atoms with van der Waals surface area (Å²) in [5, 5.41) is 8.24. The number of aromatic nitrogens is 3. The van der Waals surface area contributed by atoms with Crippen molar-refractivity contribution in [3.63, 3.8) is 0 Å². The highest BCUT2D eigenvalue weighted by Crippen LogP contribution is 2.14. The minimum Gasteiger partial charge on any atom is -0.285 e. The first-order chi connectivity index (χ1) is 6.18. The molecule has 0 radical (unpaired) electrons. The fourth-order valence-corrected chi connectivity index (χ4v) is 1.73. The van der Waals surface area contributed by atoms with E-state index in [0.29, 0.717) is 5.92 Å². The third kappa shape index (κ3) is 1.54. The molecule has 0 aliphatic carbocycles. The summed E-state index contributed by atoms with van der Waals surface area (Å²) < 4.78 is 3.25. The van der Waals surface area contributed by atoms with Gasteiger partial charge in [-0.3, -0.25) is 4.40 Å². The highest BCUT2D eigenvalue weighted by atomic mass is 127. The number of nitrogens with zero attached hydrogens (tertiary/aromatic N) is 3. The van der Waals surface area contributed by atoms with Gasteiger partial charge in [-0.2, -0.15) is 0 Å². The maximum Gasteiger partial charge on any atom is 0.160 e. The molecule has 13 heavy (non-hydrogen) atoms. The molecule has 2 aromatic heterocycles. The fourth-order valence-electron chi connectivity index (χ4n) is 1.28. The maximum atomic E-state index is 4.15. The molecule has 0 saturated heterocycles. The van der Waals surface area contributed by atoms with E-state index >= 15 is 0 Å². The van der Waals surface area contributed by atoms with E-state index in [-0.39, 0.29) is 0 Å². The Hall–Kier alpha value is -0.650. The van der Waals surface area contributed by atoms with E-state index < -0.39 is 0 Å². The molecule has 0 N–H and O–H groups in total. The molecular weight excluding hydrogens is 277 g/mol. The molecule has 0 fully saturated rings. The van der Waals surface area contributed by atoms with Gasteiger partial charge in [0, 0.05) is 15.7 Å². The van der Waals surface area contributed by atoms with Crippen LogP contribution in [0, 0.1) is 3.57 Å². The van der Waals surface area contributed by atoms with Gasteiger partial charge in [0.1, 0.15) is 5.82 Å². The molecule has 0 aliphatic rings. The van der Waals surface area contributed by atoms with Crippen LogP contribution in [-0.2, 0) is 0 Å². The number of rotatable bonds is 1. The van der Waals surface area contributed by atoms with E-state index in [0.717, 1.165) is 11.5 Å². The van der Waals surface area contributed by atoms with Crippen molar-refractivity contribution in [2.75, 3.05) is 0 Å². The van der Waals surface area contributed by atoms with Crippen molar-refractivity contribution in [1.29, 1.82) is 0 Å². The summed E-state index contributed by atoms with van der Waals surface area (Å²) in [4.78, 5) is 0. The van der Waals surface area contributed by atoms with E-state index in [1.807, 2.05) is 16.5 Å². The van der Waals surface area contributed by atoms with Gasteiger partial charge in [0.05, 0.1) is 0 Å². The van der Waals surface area contributed by atoms with Gasteiger partial charge in [-0.1, -0.05) is 13.8 Å². The Kier molecular flexibility index (Phi) is 2.23. The topological polar surface area (TPSA) is 30.2 Å². The van der Waals surface area contributed by atoms with Crippen LogP contribution < -0.4 is 0 Å². The second-order valence-corrected chi connectivity index (χ2v) is 4.53. The number of hydrogen-bond donors (Lipinski definition) is 0. The van der Waals surface area contributed by atoms with Gasteiger partial charge in [0.25, 0.3) is 0 Å². The molecule has 0 amide bonds. The molecule has 0 unspecified atom stereocenters.